The molecule has 1 unspecified atom stereocenters. The van der Waals surface area contributed by atoms with Gasteiger partial charge in [0.05, 0.1) is 30.4 Å². The zero-order valence-corrected chi connectivity index (χ0v) is 23.4. The average Bonchev–Trinajstić information content (AvgIpc) is 3.20. The van der Waals surface area contributed by atoms with E-state index in [1.165, 1.54) is 4.90 Å². The third-order valence-electron chi connectivity index (χ3n) is 6.79. The molecule has 0 aromatic heterocycles. The maximum Gasteiger partial charge on any atom is 0.338 e. The Labute approximate surface area is 235 Å². The van der Waals surface area contributed by atoms with Crippen LogP contribution in [0.4, 0.5) is 0 Å². The van der Waals surface area contributed by atoms with Crippen molar-refractivity contribution in [3.63, 3.8) is 0 Å². The zero-order valence-electron chi connectivity index (χ0n) is 23.4. The van der Waals surface area contributed by atoms with Crippen molar-refractivity contribution < 1.29 is 29.0 Å². The predicted molar refractivity (Wildman–Crippen MR) is 153 cm³/mol. The number of aliphatic hydroxyl groups excluding tert-OH is 1. The molecular formula is C33H35NO6. The Kier molecular flexibility index (Phi) is 9.04. The second kappa shape index (κ2) is 12.6. The summed E-state index contributed by atoms with van der Waals surface area (Å²) < 4.78 is 11.0. The maximum absolute atomic E-state index is 13.4. The number of ketones is 1. The summed E-state index contributed by atoms with van der Waals surface area (Å²) in [6, 6.07) is 18.8. The normalized spacial score (nSPS) is 16.3. The Bertz CT molecular complexity index is 1440. The van der Waals surface area contributed by atoms with Crippen molar-refractivity contribution in [3.05, 3.63) is 106 Å². The molecule has 208 valence electrons. The van der Waals surface area contributed by atoms with Crippen LogP contribution in [0.1, 0.15) is 70.9 Å². The van der Waals surface area contributed by atoms with E-state index < -0.39 is 23.7 Å². The van der Waals surface area contributed by atoms with Gasteiger partial charge < -0.3 is 19.5 Å². The molecule has 1 aliphatic rings. The van der Waals surface area contributed by atoms with E-state index in [1.807, 2.05) is 52.0 Å². The van der Waals surface area contributed by atoms with E-state index in [4.69, 9.17) is 9.47 Å². The highest BCUT2D eigenvalue weighted by molar-refractivity contribution is 6.46. The summed E-state index contributed by atoms with van der Waals surface area (Å²) in [7, 11) is 0. The lowest BCUT2D eigenvalue weighted by Crippen LogP contribution is -2.29. The number of aliphatic hydroxyl groups is 1. The van der Waals surface area contributed by atoms with Gasteiger partial charge in [0.1, 0.15) is 11.5 Å². The van der Waals surface area contributed by atoms with Crippen LogP contribution in [0, 0.1) is 13.8 Å². The van der Waals surface area contributed by atoms with E-state index in [-0.39, 0.29) is 17.9 Å². The summed E-state index contributed by atoms with van der Waals surface area (Å²) in [4.78, 5) is 40.5. The van der Waals surface area contributed by atoms with Crippen LogP contribution >= 0.6 is 0 Å². The summed E-state index contributed by atoms with van der Waals surface area (Å²) in [5, 5.41) is 11.4. The molecule has 0 spiro atoms. The average molecular weight is 542 g/mol. The smallest absolute Gasteiger partial charge is 0.338 e. The molecule has 1 saturated heterocycles. The molecule has 4 rings (SSSR count). The Morgan fingerprint density at radius 3 is 2.25 bits per heavy atom. The third-order valence-corrected chi connectivity index (χ3v) is 6.79. The number of esters is 1. The van der Waals surface area contributed by atoms with E-state index in [0.717, 1.165) is 35.1 Å². The van der Waals surface area contributed by atoms with Crippen LogP contribution in [0.15, 0.2) is 72.3 Å². The Morgan fingerprint density at radius 1 is 0.900 bits per heavy atom. The summed E-state index contributed by atoms with van der Waals surface area (Å²) in [5.41, 5.74) is 4.13. The van der Waals surface area contributed by atoms with E-state index in [0.29, 0.717) is 30.1 Å². The second-order valence-corrected chi connectivity index (χ2v) is 10.0. The number of hydrogen-bond acceptors (Lipinski definition) is 6. The number of aryl methyl sites for hydroxylation is 2. The quantitative estimate of drug-likeness (QED) is 0.141. The summed E-state index contributed by atoms with van der Waals surface area (Å²) in [6.07, 6.45) is 1.60. The van der Waals surface area contributed by atoms with Crippen LogP contribution in [0.2, 0.25) is 0 Å². The number of benzene rings is 3. The first-order valence-electron chi connectivity index (χ1n) is 13.6. The molecule has 3 aromatic carbocycles. The number of hydrogen-bond donors (Lipinski definition) is 1. The molecule has 0 bridgehead atoms. The fourth-order valence-corrected chi connectivity index (χ4v) is 4.78. The number of ether oxygens (including phenoxy) is 2. The van der Waals surface area contributed by atoms with Gasteiger partial charge in [0, 0.05) is 12.1 Å². The van der Waals surface area contributed by atoms with Gasteiger partial charge in [-0.3, -0.25) is 9.59 Å². The number of rotatable bonds is 10. The third kappa shape index (κ3) is 6.09. The molecule has 3 aromatic rings. The molecular weight excluding hydrogens is 506 g/mol. The summed E-state index contributed by atoms with van der Waals surface area (Å²) >= 11 is 0. The van der Waals surface area contributed by atoms with Crippen LogP contribution in [0.3, 0.4) is 0 Å². The fourth-order valence-electron chi connectivity index (χ4n) is 4.78. The van der Waals surface area contributed by atoms with Gasteiger partial charge in [0.2, 0.25) is 0 Å². The number of likely N-dealkylation sites (tertiary alicyclic amines) is 1. The highest BCUT2D eigenvalue weighted by Crippen LogP contribution is 2.41. The minimum Gasteiger partial charge on any atom is -0.507 e. The highest BCUT2D eigenvalue weighted by Gasteiger charge is 2.46. The standard InChI is InChI=1S/C33H35NO6/c1-5-16-39-27-15-14-26(19-22(27)4)30(35)28-29(25-9-7-8-21(3)18-25)34(32(37)31(28)36)20-23-10-12-24(13-11-23)33(38)40-17-6-2/h7-15,18-19,29,35H,5-6,16-17,20H2,1-4H3/b30-28-. The lowest BCUT2D eigenvalue weighted by Gasteiger charge is -2.26. The molecule has 0 saturated carbocycles. The van der Waals surface area contributed by atoms with Crippen molar-refractivity contribution in [2.75, 3.05) is 13.2 Å². The van der Waals surface area contributed by atoms with Crippen molar-refractivity contribution in [1.29, 1.82) is 0 Å². The lowest BCUT2D eigenvalue weighted by molar-refractivity contribution is -0.140. The molecule has 1 amide bonds. The highest BCUT2D eigenvalue weighted by atomic mass is 16.5. The largest absolute Gasteiger partial charge is 0.507 e. The molecule has 0 radical (unpaired) electrons. The molecule has 1 heterocycles. The predicted octanol–water partition coefficient (Wildman–Crippen LogP) is 6.28. The molecule has 7 nitrogen and oxygen atoms in total. The first kappa shape index (κ1) is 28.6. The van der Waals surface area contributed by atoms with Gasteiger partial charge in [-0.15, -0.1) is 0 Å². The fraction of sp³-hybridized carbons (Fsp3) is 0.303. The topological polar surface area (TPSA) is 93.1 Å². The summed E-state index contributed by atoms with van der Waals surface area (Å²) in [6.45, 7) is 8.79. The van der Waals surface area contributed by atoms with Gasteiger partial charge in [-0.25, -0.2) is 4.79 Å². The Balaban J connectivity index is 1.72. The van der Waals surface area contributed by atoms with Crippen molar-refractivity contribution in [2.45, 2.75) is 53.1 Å². The molecule has 1 N–H and O–H groups in total. The van der Waals surface area contributed by atoms with Crippen LogP contribution in [-0.2, 0) is 20.9 Å². The Morgan fingerprint density at radius 2 is 1.60 bits per heavy atom. The van der Waals surface area contributed by atoms with E-state index in [2.05, 4.69) is 0 Å². The van der Waals surface area contributed by atoms with Crippen LogP contribution in [-0.4, -0.2) is 40.9 Å². The number of carbonyl (C=O) groups excluding carboxylic acids is 3. The van der Waals surface area contributed by atoms with Gasteiger partial charge in [-0.1, -0.05) is 55.8 Å². The SMILES string of the molecule is CCCOC(=O)c1ccc(CN2C(=O)C(=O)/C(=C(\O)c3ccc(OCCC)c(C)c3)C2c2cccc(C)c2)cc1. The number of Topliss-reactive ketones (excluding diaryl/α,β-unsaturated/α-hetero) is 1. The number of carbonyl (C=O) groups is 3. The lowest BCUT2D eigenvalue weighted by atomic mass is 9.94. The van der Waals surface area contributed by atoms with Gasteiger partial charge in [0.25, 0.3) is 11.7 Å². The summed E-state index contributed by atoms with van der Waals surface area (Å²) in [5.74, 6) is -1.37. The first-order chi connectivity index (χ1) is 19.2. The molecule has 1 fully saturated rings. The maximum atomic E-state index is 13.4. The number of amides is 1. The Hall–Kier alpha value is -4.39. The van der Waals surface area contributed by atoms with E-state index in [9.17, 15) is 19.5 Å². The first-order valence-corrected chi connectivity index (χ1v) is 13.6. The van der Waals surface area contributed by atoms with Crippen molar-refractivity contribution in [3.8, 4) is 5.75 Å². The van der Waals surface area contributed by atoms with E-state index >= 15 is 0 Å². The van der Waals surface area contributed by atoms with Crippen LogP contribution in [0.5, 0.6) is 5.75 Å². The molecule has 1 aliphatic heterocycles. The van der Waals surface area contributed by atoms with Gasteiger partial charge in [-0.2, -0.15) is 0 Å². The molecule has 0 aliphatic carbocycles. The van der Waals surface area contributed by atoms with Gasteiger partial charge >= 0.3 is 5.97 Å². The zero-order chi connectivity index (χ0) is 28.8. The number of nitrogens with zero attached hydrogens (tertiary/aromatic N) is 1. The molecule has 1 atom stereocenters. The second-order valence-electron chi connectivity index (χ2n) is 10.0. The monoisotopic (exact) mass is 541 g/mol. The van der Waals surface area contributed by atoms with Crippen LogP contribution in [0.25, 0.3) is 5.76 Å². The van der Waals surface area contributed by atoms with Gasteiger partial charge in [-0.05, 0) is 73.7 Å². The van der Waals surface area contributed by atoms with E-state index in [1.54, 1.807) is 42.5 Å². The van der Waals surface area contributed by atoms with Gasteiger partial charge in [0.15, 0.2) is 0 Å². The molecule has 7 heteroatoms. The minimum absolute atomic E-state index is 0.0389. The van der Waals surface area contributed by atoms with Crippen molar-refractivity contribution in [2.24, 2.45) is 0 Å². The van der Waals surface area contributed by atoms with Crippen LogP contribution < -0.4 is 4.74 Å². The minimum atomic E-state index is -0.787. The molecule has 40 heavy (non-hydrogen) atoms. The van der Waals surface area contributed by atoms with Crippen molar-refractivity contribution >= 4 is 23.4 Å². The van der Waals surface area contributed by atoms with Crippen molar-refractivity contribution in [1.82, 2.24) is 4.90 Å².